The van der Waals surface area contributed by atoms with Gasteiger partial charge in [-0.15, -0.1) is 0 Å². The highest BCUT2D eigenvalue weighted by atomic mass is 79.9. The Kier molecular flexibility index (Phi) is 4.83. The maximum atomic E-state index is 14.1. The summed E-state index contributed by atoms with van der Waals surface area (Å²) in [7, 11) is 0. The molecule has 0 saturated carbocycles. The van der Waals surface area contributed by atoms with Crippen LogP contribution in [0.4, 0.5) is 13.2 Å². The smallest absolute Gasteiger partial charge is 0.131 e. The molecule has 0 spiro atoms. The zero-order valence-corrected chi connectivity index (χ0v) is 12.3. The Bertz CT molecular complexity index is 596. The van der Waals surface area contributed by atoms with Crippen molar-refractivity contribution in [2.75, 3.05) is 6.54 Å². The van der Waals surface area contributed by atoms with Gasteiger partial charge in [0.05, 0.1) is 6.04 Å². The first-order valence-electron chi connectivity index (χ1n) is 6.16. The Labute approximate surface area is 123 Å². The lowest BCUT2D eigenvalue weighted by atomic mass is 9.97. The maximum Gasteiger partial charge on any atom is 0.131 e. The van der Waals surface area contributed by atoms with Crippen molar-refractivity contribution in [1.82, 2.24) is 5.32 Å². The second-order valence-corrected chi connectivity index (χ2v) is 5.21. The van der Waals surface area contributed by atoms with E-state index < -0.39 is 23.5 Å². The van der Waals surface area contributed by atoms with Crippen LogP contribution in [0.15, 0.2) is 40.9 Å². The van der Waals surface area contributed by atoms with Crippen molar-refractivity contribution in [3.63, 3.8) is 0 Å². The van der Waals surface area contributed by atoms with Crippen molar-refractivity contribution in [3.8, 4) is 0 Å². The Morgan fingerprint density at radius 1 is 1.05 bits per heavy atom. The van der Waals surface area contributed by atoms with Crippen LogP contribution in [0, 0.1) is 17.5 Å². The van der Waals surface area contributed by atoms with Crippen molar-refractivity contribution in [2.45, 2.75) is 13.0 Å². The van der Waals surface area contributed by atoms with E-state index in [4.69, 9.17) is 0 Å². The maximum absolute atomic E-state index is 14.1. The standard InChI is InChI=1S/C15H13BrF3N/c1-2-20-15(10-7-6-9(16)8-13(10)19)14-11(17)4-3-5-12(14)18/h3-8,15,20H,2H2,1H3. The molecule has 0 aliphatic heterocycles. The Balaban J connectivity index is 2.56. The lowest BCUT2D eigenvalue weighted by molar-refractivity contribution is 0.495. The summed E-state index contributed by atoms with van der Waals surface area (Å²) in [6.07, 6.45) is 0. The van der Waals surface area contributed by atoms with Crippen LogP contribution in [-0.4, -0.2) is 6.54 Å². The third kappa shape index (κ3) is 3.04. The monoisotopic (exact) mass is 343 g/mol. The largest absolute Gasteiger partial charge is 0.306 e. The molecule has 0 fully saturated rings. The lowest BCUT2D eigenvalue weighted by Crippen LogP contribution is -2.25. The number of rotatable bonds is 4. The molecule has 1 atom stereocenters. The number of hydrogen-bond acceptors (Lipinski definition) is 1. The summed E-state index contributed by atoms with van der Waals surface area (Å²) in [6.45, 7) is 2.25. The van der Waals surface area contributed by atoms with Gasteiger partial charge in [-0.3, -0.25) is 0 Å². The summed E-state index contributed by atoms with van der Waals surface area (Å²) in [5.41, 5.74) is 0.0367. The van der Waals surface area contributed by atoms with Crippen molar-refractivity contribution < 1.29 is 13.2 Å². The average molecular weight is 344 g/mol. The van der Waals surface area contributed by atoms with Gasteiger partial charge in [0.2, 0.25) is 0 Å². The van der Waals surface area contributed by atoms with Crippen LogP contribution in [0.1, 0.15) is 24.1 Å². The first kappa shape index (κ1) is 15.1. The van der Waals surface area contributed by atoms with Gasteiger partial charge < -0.3 is 5.32 Å². The molecule has 1 nitrogen and oxygen atoms in total. The number of hydrogen-bond donors (Lipinski definition) is 1. The van der Waals surface area contributed by atoms with Crippen LogP contribution >= 0.6 is 15.9 Å². The molecule has 1 unspecified atom stereocenters. The minimum Gasteiger partial charge on any atom is -0.306 e. The molecule has 106 valence electrons. The van der Waals surface area contributed by atoms with E-state index in [2.05, 4.69) is 21.2 Å². The number of nitrogens with one attached hydrogen (secondary N) is 1. The molecular weight excluding hydrogens is 331 g/mol. The van der Waals surface area contributed by atoms with Gasteiger partial charge in [-0.05, 0) is 30.8 Å². The molecule has 0 aromatic heterocycles. The van der Waals surface area contributed by atoms with Crippen LogP contribution in [0.5, 0.6) is 0 Å². The summed E-state index contributed by atoms with van der Waals surface area (Å²) in [6, 6.07) is 7.18. The van der Waals surface area contributed by atoms with Crippen LogP contribution in [0.2, 0.25) is 0 Å². The van der Waals surface area contributed by atoms with Crippen LogP contribution in [0.3, 0.4) is 0 Å². The van der Waals surface area contributed by atoms with Crippen molar-refractivity contribution in [2.24, 2.45) is 0 Å². The van der Waals surface area contributed by atoms with Crippen LogP contribution in [-0.2, 0) is 0 Å². The van der Waals surface area contributed by atoms with Crippen molar-refractivity contribution in [3.05, 3.63) is 69.4 Å². The van der Waals surface area contributed by atoms with Crippen LogP contribution < -0.4 is 5.32 Å². The molecule has 20 heavy (non-hydrogen) atoms. The fourth-order valence-corrected chi connectivity index (χ4v) is 2.43. The van der Waals surface area contributed by atoms with Crippen molar-refractivity contribution in [1.29, 1.82) is 0 Å². The summed E-state index contributed by atoms with van der Waals surface area (Å²) in [5.74, 6) is -1.91. The Morgan fingerprint density at radius 3 is 2.25 bits per heavy atom. The molecule has 0 aliphatic rings. The van der Waals surface area contributed by atoms with E-state index in [0.29, 0.717) is 11.0 Å². The Morgan fingerprint density at radius 2 is 1.70 bits per heavy atom. The van der Waals surface area contributed by atoms with Gasteiger partial charge in [-0.2, -0.15) is 0 Å². The zero-order valence-electron chi connectivity index (χ0n) is 10.8. The molecule has 2 rings (SSSR count). The summed E-state index contributed by atoms with van der Waals surface area (Å²) in [4.78, 5) is 0. The highest BCUT2D eigenvalue weighted by Crippen LogP contribution is 2.29. The molecule has 0 aliphatic carbocycles. The summed E-state index contributed by atoms with van der Waals surface area (Å²) in [5, 5.41) is 2.92. The zero-order chi connectivity index (χ0) is 14.7. The summed E-state index contributed by atoms with van der Waals surface area (Å²) >= 11 is 3.16. The highest BCUT2D eigenvalue weighted by Gasteiger charge is 2.23. The van der Waals surface area contributed by atoms with E-state index in [9.17, 15) is 13.2 Å². The van der Waals surface area contributed by atoms with Gasteiger partial charge in [-0.1, -0.05) is 35.0 Å². The average Bonchev–Trinajstić information content (AvgIpc) is 2.38. The normalized spacial score (nSPS) is 12.4. The molecule has 0 amide bonds. The second-order valence-electron chi connectivity index (χ2n) is 4.29. The molecule has 2 aromatic rings. The quantitative estimate of drug-likeness (QED) is 0.857. The molecule has 0 heterocycles. The predicted molar refractivity (Wildman–Crippen MR) is 76.0 cm³/mol. The van der Waals surface area contributed by atoms with E-state index in [1.807, 2.05) is 0 Å². The minimum atomic E-state index is -0.866. The molecule has 0 saturated heterocycles. The fourth-order valence-electron chi connectivity index (χ4n) is 2.09. The van der Waals surface area contributed by atoms with E-state index in [1.165, 1.54) is 30.3 Å². The fraction of sp³-hybridized carbons (Fsp3) is 0.200. The lowest BCUT2D eigenvalue weighted by Gasteiger charge is -2.20. The molecule has 0 radical (unpaired) electrons. The van der Waals surface area contributed by atoms with E-state index in [0.717, 1.165) is 0 Å². The molecule has 1 N–H and O–H groups in total. The number of benzene rings is 2. The van der Waals surface area contributed by atoms with Crippen LogP contribution in [0.25, 0.3) is 0 Å². The first-order valence-corrected chi connectivity index (χ1v) is 6.96. The van der Waals surface area contributed by atoms with Gasteiger partial charge in [0.15, 0.2) is 0 Å². The predicted octanol–water partition coefficient (Wildman–Crippen LogP) is 4.57. The Hall–Kier alpha value is -1.33. The van der Waals surface area contributed by atoms with E-state index in [1.54, 1.807) is 13.0 Å². The van der Waals surface area contributed by atoms with Gasteiger partial charge in [0.25, 0.3) is 0 Å². The first-order chi connectivity index (χ1) is 9.54. The second kappa shape index (κ2) is 6.41. The third-order valence-electron chi connectivity index (χ3n) is 2.97. The molecule has 2 aromatic carbocycles. The SMILES string of the molecule is CCNC(c1ccc(Br)cc1F)c1c(F)cccc1F. The van der Waals surface area contributed by atoms with Gasteiger partial charge in [0.1, 0.15) is 17.5 Å². The molecular formula is C15H13BrF3N. The number of halogens is 4. The molecule has 5 heteroatoms. The van der Waals surface area contributed by atoms with E-state index >= 15 is 0 Å². The highest BCUT2D eigenvalue weighted by molar-refractivity contribution is 9.10. The van der Waals surface area contributed by atoms with Gasteiger partial charge >= 0.3 is 0 Å². The third-order valence-corrected chi connectivity index (χ3v) is 3.46. The summed E-state index contributed by atoms with van der Waals surface area (Å²) < 4.78 is 42.4. The van der Waals surface area contributed by atoms with Crippen molar-refractivity contribution >= 4 is 15.9 Å². The van der Waals surface area contributed by atoms with E-state index in [-0.39, 0.29) is 11.1 Å². The van der Waals surface area contributed by atoms with Gasteiger partial charge in [0, 0.05) is 15.6 Å². The minimum absolute atomic E-state index is 0.171. The molecule has 0 bridgehead atoms. The topological polar surface area (TPSA) is 12.0 Å². The van der Waals surface area contributed by atoms with Gasteiger partial charge in [-0.25, -0.2) is 13.2 Å².